The van der Waals surface area contributed by atoms with Crippen LogP contribution in [0.25, 0.3) is 0 Å². The number of carbonyl (C=O) groups excluding carboxylic acids is 1. The fraction of sp³-hybridized carbons (Fsp3) is 0.667. The third kappa shape index (κ3) is 3.41. The van der Waals surface area contributed by atoms with E-state index in [1.807, 2.05) is 11.0 Å². The molecule has 26 heavy (non-hydrogen) atoms. The maximum absolute atomic E-state index is 12.7. The van der Waals surface area contributed by atoms with Crippen molar-refractivity contribution in [2.75, 3.05) is 42.9 Å². The minimum absolute atomic E-state index is 0.0487. The molecule has 142 valence electrons. The van der Waals surface area contributed by atoms with Gasteiger partial charge in [0.15, 0.2) is 0 Å². The van der Waals surface area contributed by atoms with E-state index in [0.717, 1.165) is 31.9 Å². The van der Waals surface area contributed by atoms with Gasteiger partial charge in [0.2, 0.25) is 0 Å². The number of rotatable bonds is 3. The van der Waals surface area contributed by atoms with Crippen molar-refractivity contribution in [3.8, 4) is 0 Å². The van der Waals surface area contributed by atoms with Crippen molar-refractivity contribution >= 4 is 17.4 Å². The minimum Gasteiger partial charge on any atom is -0.371 e. The fourth-order valence-electron chi connectivity index (χ4n) is 4.75. The van der Waals surface area contributed by atoms with E-state index < -0.39 is 0 Å². The highest BCUT2D eigenvalue weighted by atomic mass is 16.2. The third-order valence-corrected chi connectivity index (χ3v) is 6.47. The molecule has 1 aromatic rings. The van der Waals surface area contributed by atoms with Crippen LogP contribution >= 0.6 is 0 Å². The quantitative estimate of drug-likeness (QED) is 0.898. The molecule has 1 atom stereocenters. The highest BCUT2D eigenvalue weighted by Gasteiger charge is 2.37. The summed E-state index contributed by atoms with van der Waals surface area (Å²) in [4.78, 5) is 19.7. The van der Waals surface area contributed by atoms with Gasteiger partial charge >= 0.3 is 6.03 Å². The number of urea groups is 1. The summed E-state index contributed by atoms with van der Waals surface area (Å²) in [6.07, 6.45) is 6.47. The van der Waals surface area contributed by atoms with E-state index in [1.165, 1.54) is 49.9 Å². The minimum atomic E-state index is 0.0487. The molecule has 5 nitrogen and oxygen atoms in total. The summed E-state index contributed by atoms with van der Waals surface area (Å²) in [6, 6.07) is 7.52. The van der Waals surface area contributed by atoms with Crippen LogP contribution in [0.3, 0.4) is 0 Å². The van der Waals surface area contributed by atoms with Crippen LogP contribution in [0.4, 0.5) is 16.2 Å². The standard InChI is InChI=1S/C21H32N4O/c1-16-8-3-4-13-25(16)18-14-24(15-18)21(26)22-19-9-7-10-20(17(19)2)23-11-5-6-12-23/h7,9-10,16,18H,3-6,8,11-15H2,1-2H3,(H,22,26). The van der Waals surface area contributed by atoms with Crippen LogP contribution in [0.15, 0.2) is 18.2 Å². The first-order chi connectivity index (χ1) is 12.6. The Morgan fingerprint density at radius 1 is 1.08 bits per heavy atom. The van der Waals surface area contributed by atoms with Crippen LogP contribution in [0.2, 0.25) is 0 Å². The van der Waals surface area contributed by atoms with Gasteiger partial charge < -0.3 is 15.1 Å². The second kappa shape index (κ2) is 7.47. The molecule has 4 rings (SSSR count). The van der Waals surface area contributed by atoms with Crippen molar-refractivity contribution < 1.29 is 4.79 Å². The van der Waals surface area contributed by atoms with Crippen molar-refractivity contribution in [3.63, 3.8) is 0 Å². The number of piperidine rings is 1. The number of carbonyl (C=O) groups is 1. The maximum Gasteiger partial charge on any atom is 0.321 e. The molecule has 1 aromatic carbocycles. The molecule has 3 fully saturated rings. The lowest BCUT2D eigenvalue weighted by Gasteiger charge is -2.49. The summed E-state index contributed by atoms with van der Waals surface area (Å²) in [7, 11) is 0. The van der Waals surface area contributed by atoms with Gasteiger partial charge in [-0.1, -0.05) is 12.5 Å². The van der Waals surface area contributed by atoms with Crippen LogP contribution in [-0.2, 0) is 0 Å². The van der Waals surface area contributed by atoms with Crippen LogP contribution in [0.1, 0.15) is 44.6 Å². The van der Waals surface area contributed by atoms with E-state index in [9.17, 15) is 4.79 Å². The molecule has 3 aliphatic rings. The number of anilines is 2. The summed E-state index contributed by atoms with van der Waals surface area (Å²) < 4.78 is 0. The Morgan fingerprint density at radius 3 is 2.54 bits per heavy atom. The number of hydrogen-bond donors (Lipinski definition) is 1. The van der Waals surface area contributed by atoms with Gasteiger partial charge in [0.05, 0.1) is 0 Å². The van der Waals surface area contributed by atoms with Crippen molar-refractivity contribution in [3.05, 3.63) is 23.8 Å². The summed E-state index contributed by atoms with van der Waals surface area (Å²) >= 11 is 0. The predicted octanol–water partition coefficient (Wildman–Crippen LogP) is 3.69. The number of benzene rings is 1. The van der Waals surface area contributed by atoms with Gasteiger partial charge in [-0.25, -0.2) is 4.79 Å². The van der Waals surface area contributed by atoms with E-state index in [1.54, 1.807) is 0 Å². The van der Waals surface area contributed by atoms with Gasteiger partial charge in [-0.2, -0.15) is 0 Å². The second-order valence-corrected chi connectivity index (χ2v) is 8.22. The van der Waals surface area contributed by atoms with Gasteiger partial charge in [0.25, 0.3) is 0 Å². The molecular weight excluding hydrogens is 324 g/mol. The first kappa shape index (κ1) is 17.7. The molecule has 0 spiro atoms. The van der Waals surface area contributed by atoms with Crippen molar-refractivity contribution in [2.24, 2.45) is 0 Å². The summed E-state index contributed by atoms with van der Waals surface area (Å²) in [5.41, 5.74) is 3.41. The normalized spacial score (nSPS) is 24.6. The van der Waals surface area contributed by atoms with Gasteiger partial charge in [-0.05, 0) is 63.8 Å². The maximum atomic E-state index is 12.7. The van der Waals surface area contributed by atoms with Crippen LogP contribution in [0, 0.1) is 6.92 Å². The lowest BCUT2D eigenvalue weighted by Crippen LogP contribution is -2.64. The van der Waals surface area contributed by atoms with E-state index in [-0.39, 0.29) is 6.03 Å². The molecule has 0 aliphatic carbocycles. The van der Waals surface area contributed by atoms with E-state index in [2.05, 4.69) is 41.1 Å². The van der Waals surface area contributed by atoms with Gasteiger partial charge in [0.1, 0.15) is 0 Å². The van der Waals surface area contributed by atoms with Crippen LogP contribution < -0.4 is 10.2 Å². The SMILES string of the molecule is Cc1c(NC(=O)N2CC(N3CCCCC3C)C2)cccc1N1CCCC1. The van der Waals surface area contributed by atoms with Gasteiger partial charge in [-0.15, -0.1) is 0 Å². The molecule has 0 aromatic heterocycles. The Labute approximate surface area is 157 Å². The fourth-order valence-corrected chi connectivity index (χ4v) is 4.75. The van der Waals surface area contributed by atoms with Crippen molar-refractivity contribution in [1.29, 1.82) is 0 Å². The summed E-state index contributed by atoms with van der Waals surface area (Å²) in [5, 5.41) is 3.15. The monoisotopic (exact) mass is 356 g/mol. The lowest BCUT2D eigenvalue weighted by atomic mass is 9.98. The zero-order valence-corrected chi connectivity index (χ0v) is 16.2. The Hall–Kier alpha value is -1.75. The van der Waals surface area contributed by atoms with E-state index >= 15 is 0 Å². The number of nitrogens with one attached hydrogen (secondary N) is 1. The molecule has 3 aliphatic heterocycles. The highest BCUT2D eigenvalue weighted by molar-refractivity contribution is 5.91. The number of amides is 2. The Balaban J connectivity index is 1.35. The van der Waals surface area contributed by atoms with Gasteiger partial charge in [0, 0.05) is 49.6 Å². The molecule has 3 heterocycles. The number of likely N-dealkylation sites (tertiary alicyclic amines) is 2. The van der Waals surface area contributed by atoms with E-state index in [4.69, 9.17) is 0 Å². The molecule has 0 saturated carbocycles. The number of nitrogens with zero attached hydrogens (tertiary/aromatic N) is 3. The first-order valence-electron chi connectivity index (χ1n) is 10.3. The molecule has 1 unspecified atom stereocenters. The zero-order valence-electron chi connectivity index (χ0n) is 16.2. The average molecular weight is 357 g/mol. The highest BCUT2D eigenvalue weighted by Crippen LogP contribution is 2.30. The smallest absolute Gasteiger partial charge is 0.321 e. The Morgan fingerprint density at radius 2 is 1.81 bits per heavy atom. The largest absolute Gasteiger partial charge is 0.371 e. The topological polar surface area (TPSA) is 38.8 Å². The average Bonchev–Trinajstić information content (AvgIpc) is 3.11. The summed E-state index contributed by atoms with van der Waals surface area (Å²) in [5.74, 6) is 0. The summed E-state index contributed by atoms with van der Waals surface area (Å²) in [6.45, 7) is 9.62. The molecule has 0 bridgehead atoms. The predicted molar refractivity (Wildman–Crippen MR) is 107 cm³/mol. The first-order valence-corrected chi connectivity index (χ1v) is 10.3. The van der Waals surface area contributed by atoms with E-state index in [0.29, 0.717) is 12.1 Å². The Kier molecular flexibility index (Phi) is 5.07. The van der Waals surface area contributed by atoms with Crippen LogP contribution in [0.5, 0.6) is 0 Å². The zero-order chi connectivity index (χ0) is 18.1. The molecule has 5 heteroatoms. The van der Waals surface area contributed by atoms with Crippen LogP contribution in [-0.4, -0.2) is 60.6 Å². The van der Waals surface area contributed by atoms with Gasteiger partial charge in [-0.3, -0.25) is 4.90 Å². The molecule has 0 radical (unpaired) electrons. The lowest BCUT2D eigenvalue weighted by molar-refractivity contribution is 0.0199. The Bertz CT molecular complexity index is 649. The van der Waals surface area contributed by atoms with Crippen molar-refractivity contribution in [1.82, 2.24) is 9.80 Å². The molecule has 3 saturated heterocycles. The molecule has 2 amide bonds. The number of hydrogen-bond acceptors (Lipinski definition) is 3. The third-order valence-electron chi connectivity index (χ3n) is 6.47. The molecular formula is C21H32N4O. The van der Waals surface area contributed by atoms with Crippen molar-refractivity contribution in [2.45, 2.75) is 58.0 Å². The second-order valence-electron chi connectivity index (χ2n) is 8.22. The molecule has 1 N–H and O–H groups in total.